The van der Waals surface area contributed by atoms with Crippen LogP contribution in [-0.2, 0) is 0 Å². The molecule has 7 heteroatoms. The van der Waals surface area contributed by atoms with E-state index in [0.29, 0.717) is 16.8 Å². The van der Waals surface area contributed by atoms with Crippen molar-refractivity contribution < 1.29 is 23.4 Å². The van der Waals surface area contributed by atoms with Gasteiger partial charge in [0.2, 0.25) is 0 Å². The average molecular weight is 320 g/mol. The predicted molar refractivity (Wildman–Crippen MR) is 80.9 cm³/mol. The molecule has 0 spiro atoms. The molecule has 0 bridgehead atoms. The van der Waals surface area contributed by atoms with Crippen LogP contribution in [-0.4, -0.2) is 23.3 Å². The number of alkyl halides is 2. The van der Waals surface area contributed by atoms with Gasteiger partial charge in [-0.15, -0.1) is 0 Å². The first kappa shape index (κ1) is 16.4. The molecule has 1 amide bonds. The molecule has 2 N–H and O–H groups in total. The van der Waals surface area contributed by atoms with Crippen LogP contribution in [0, 0.1) is 0 Å². The van der Waals surface area contributed by atoms with Gasteiger partial charge in [-0.1, -0.05) is 12.1 Å². The van der Waals surface area contributed by atoms with Crippen LogP contribution >= 0.6 is 0 Å². The molecule has 2 aromatic carbocycles. The number of phenolic OH excluding ortho intramolecular Hbond substituents is 1. The van der Waals surface area contributed by atoms with Crippen molar-refractivity contribution >= 4 is 11.6 Å². The van der Waals surface area contributed by atoms with Crippen molar-refractivity contribution in [3.8, 4) is 11.5 Å². The number of carbonyl (C=O) groups is 1. The van der Waals surface area contributed by atoms with Gasteiger partial charge in [0.05, 0.1) is 5.71 Å². The van der Waals surface area contributed by atoms with E-state index in [1.165, 1.54) is 30.3 Å². The number of nitrogens with one attached hydrogen (secondary N) is 1. The SMILES string of the molecule is C/C(=N\NC(=O)c1ccc(O)cc1)c1ccccc1OC(F)F. The van der Waals surface area contributed by atoms with E-state index in [2.05, 4.69) is 15.3 Å². The molecule has 0 radical (unpaired) electrons. The molecule has 23 heavy (non-hydrogen) atoms. The van der Waals surface area contributed by atoms with Gasteiger partial charge in [-0.25, -0.2) is 5.43 Å². The van der Waals surface area contributed by atoms with Gasteiger partial charge in [0.15, 0.2) is 0 Å². The van der Waals surface area contributed by atoms with E-state index in [1.54, 1.807) is 25.1 Å². The van der Waals surface area contributed by atoms with E-state index in [4.69, 9.17) is 0 Å². The van der Waals surface area contributed by atoms with Crippen molar-refractivity contribution in [1.82, 2.24) is 5.43 Å². The van der Waals surface area contributed by atoms with Crippen LogP contribution in [0.3, 0.4) is 0 Å². The third-order valence-electron chi connectivity index (χ3n) is 2.95. The second kappa shape index (κ2) is 7.35. The smallest absolute Gasteiger partial charge is 0.387 e. The quantitative estimate of drug-likeness (QED) is 0.657. The minimum atomic E-state index is -2.95. The van der Waals surface area contributed by atoms with E-state index in [-0.39, 0.29) is 11.5 Å². The van der Waals surface area contributed by atoms with Crippen LogP contribution in [0.1, 0.15) is 22.8 Å². The maximum Gasteiger partial charge on any atom is 0.387 e. The molecule has 0 aromatic heterocycles. The number of para-hydroxylation sites is 1. The molecule has 120 valence electrons. The number of phenols is 1. The molecule has 2 rings (SSSR count). The Hall–Kier alpha value is -2.96. The number of rotatable bonds is 5. The van der Waals surface area contributed by atoms with Crippen molar-refractivity contribution in [3.63, 3.8) is 0 Å². The summed E-state index contributed by atoms with van der Waals surface area (Å²) in [6.07, 6.45) is 0. The van der Waals surface area contributed by atoms with E-state index in [0.717, 1.165) is 0 Å². The fourth-order valence-electron chi connectivity index (χ4n) is 1.84. The van der Waals surface area contributed by atoms with E-state index < -0.39 is 12.5 Å². The van der Waals surface area contributed by atoms with Crippen LogP contribution in [0.5, 0.6) is 11.5 Å². The van der Waals surface area contributed by atoms with Crippen LogP contribution < -0.4 is 10.2 Å². The van der Waals surface area contributed by atoms with Crippen LogP contribution in [0.15, 0.2) is 53.6 Å². The molecule has 0 atom stereocenters. The Morgan fingerprint density at radius 3 is 2.48 bits per heavy atom. The van der Waals surface area contributed by atoms with Gasteiger partial charge >= 0.3 is 6.61 Å². The molecule has 0 saturated carbocycles. The number of aromatic hydroxyl groups is 1. The van der Waals surface area contributed by atoms with Crippen molar-refractivity contribution in [2.24, 2.45) is 5.10 Å². The minimum absolute atomic E-state index is 0.0253. The van der Waals surface area contributed by atoms with Gasteiger partial charge in [0, 0.05) is 11.1 Å². The molecular weight excluding hydrogens is 306 g/mol. The normalized spacial score (nSPS) is 11.4. The third-order valence-corrected chi connectivity index (χ3v) is 2.95. The van der Waals surface area contributed by atoms with E-state index in [9.17, 15) is 18.7 Å². The Labute approximate surface area is 131 Å². The number of hydrogen-bond acceptors (Lipinski definition) is 4. The number of nitrogens with zero attached hydrogens (tertiary/aromatic N) is 1. The number of carbonyl (C=O) groups excluding carboxylic acids is 1. The van der Waals surface area contributed by atoms with Crippen molar-refractivity contribution in [3.05, 3.63) is 59.7 Å². The van der Waals surface area contributed by atoms with E-state index in [1.807, 2.05) is 0 Å². The highest BCUT2D eigenvalue weighted by atomic mass is 19.3. The Morgan fingerprint density at radius 2 is 1.83 bits per heavy atom. The first-order chi connectivity index (χ1) is 11.0. The van der Waals surface area contributed by atoms with Gasteiger partial charge < -0.3 is 9.84 Å². The fourth-order valence-corrected chi connectivity index (χ4v) is 1.84. The standard InChI is InChI=1S/C16H14F2N2O3/c1-10(13-4-2-3-5-14(13)23-16(17)18)19-20-15(22)11-6-8-12(21)9-7-11/h2-9,16,21H,1H3,(H,20,22)/b19-10+. The molecule has 0 aliphatic heterocycles. The number of benzene rings is 2. The Bertz CT molecular complexity index is 716. The molecule has 0 aliphatic carbocycles. The van der Waals surface area contributed by atoms with Crippen LogP contribution in [0.25, 0.3) is 0 Å². The van der Waals surface area contributed by atoms with Crippen molar-refractivity contribution in [1.29, 1.82) is 0 Å². The van der Waals surface area contributed by atoms with Gasteiger partial charge in [-0.3, -0.25) is 4.79 Å². The number of amides is 1. The lowest BCUT2D eigenvalue weighted by molar-refractivity contribution is -0.0499. The van der Waals surface area contributed by atoms with Gasteiger partial charge in [0.1, 0.15) is 11.5 Å². The van der Waals surface area contributed by atoms with E-state index >= 15 is 0 Å². The first-order valence-corrected chi connectivity index (χ1v) is 6.65. The lowest BCUT2D eigenvalue weighted by Gasteiger charge is -2.10. The highest BCUT2D eigenvalue weighted by Gasteiger charge is 2.11. The maximum absolute atomic E-state index is 12.4. The third kappa shape index (κ3) is 4.50. The molecule has 0 heterocycles. The lowest BCUT2D eigenvalue weighted by atomic mass is 10.1. The molecule has 0 fully saturated rings. The summed E-state index contributed by atoms with van der Waals surface area (Å²) in [5, 5.41) is 13.1. The maximum atomic E-state index is 12.4. The molecule has 0 saturated heterocycles. The predicted octanol–water partition coefficient (Wildman–Crippen LogP) is 3.15. The summed E-state index contributed by atoms with van der Waals surface area (Å²) >= 11 is 0. The summed E-state index contributed by atoms with van der Waals surface area (Å²) in [7, 11) is 0. The Morgan fingerprint density at radius 1 is 1.17 bits per heavy atom. The number of hydrogen-bond donors (Lipinski definition) is 2. The molecule has 2 aromatic rings. The van der Waals surface area contributed by atoms with Gasteiger partial charge in [-0.05, 0) is 43.3 Å². The first-order valence-electron chi connectivity index (χ1n) is 6.65. The summed E-state index contributed by atoms with van der Waals surface area (Å²) in [4.78, 5) is 11.9. The summed E-state index contributed by atoms with van der Waals surface area (Å²) < 4.78 is 29.2. The summed E-state index contributed by atoms with van der Waals surface area (Å²) in [5.74, 6) is -0.474. The number of hydrazone groups is 1. The highest BCUT2D eigenvalue weighted by Crippen LogP contribution is 2.21. The van der Waals surface area contributed by atoms with Crippen molar-refractivity contribution in [2.45, 2.75) is 13.5 Å². The number of ether oxygens (including phenoxy) is 1. The molecule has 0 unspecified atom stereocenters. The van der Waals surface area contributed by atoms with Gasteiger partial charge in [0.25, 0.3) is 5.91 Å². The van der Waals surface area contributed by atoms with Crippen LogP contribution in [0.2, 0.25) is 0 Å². The van der Waals surface area contributed by atoms with Gasteiger partial charge in [-0.2, -0.15) is 13.9 Å². The summed E-state index contributed by atoms with van der Waals surface area (Å²) in [6.45, 7) is -1.39. The zero-order valence-corrected chi connectivity index (χ0v) is 12.2. The second-order valence-electron chi connectivity index (χ2n) is 4.56. The Kier molecular flexibility index (Phi) is 5.24. The molecule has 5 nitrogen and oxygen atoms in total. The minimum Gasteiger partial charge on any atom is -0.508 e. The average Bonchev–Trinajstić information content (AvgIpc) is 2.53. The lowest BCUT2D eigenvalue weighted by Crippen LogP contribution is -2.19. The zero-order valence-electron chi connectivity index (χ0n) is 12.2. The largest absolute Gasteiger partial charge is 0.508 e. The van der Waals surface area contributed by atoms with Crippen molar-refractivity contribution in [2.75, 3.05) is 0 Å². The second-order valence-corrected chi connectivity index (χ2v) is 4.56. The topological polar surface area (TPSA) is 70.9 Å². The Balaban J connectivity index is 2.14. The summed E-state index contributed by atoms with van der Waals surface area (Å²) in [6, 6.07) is 11.8. The zero-order chi connectivity index (χ0) is 16.8. The molecular formula is C16H14F2N2O3. The van der Waals surface area contributed by atoms with Crippen LogP contribution in [0.4, 0.5) is 8.78 Å². The number of halogens is 2. The monoisotopic (exact) mass is 320 g/mol. The highest BCUT2D eigenvalue weighted by molar-refractivity contribution is 6.02. The summed E-state index contributed by atoms with van der Waals surface area (Å²) in [5.41, 5.74) is 3.28. The molecule has 0 aliphatic rings. The fraction of sp³-hybridized carbons (Fsp3) is 0.125.